The standard InChI is InChI=1S/C18H24F2N4O2/c1-12-2-3-15(22-21-12)23-6-4-17(10-23)11-24(7-5-18(17,19)20)16(26)13-8-14(25)9-13/h2-3,13-14,25H,4-11H2,1H3/t13?,14?,17-/m1/s1. The molecule has 8 heteroatoms. The number of aryl methyl sites for hydroxylation is 1. The van der Waals surface area contributed by atoms with Gasteiger partial charge in [0.25, 0.3) is 5.92 Å². The maximum absolute atomic E-state index is 14.9. The molecule has 1 aromatic heterocycles. The van der Waals surface area contributed by atoms with Crippen molar-refractivity contribution >= 4 is 11.7 Å². The van der Waals surface area contributed by atoms with Gasteiger partial charge in [-0.15, -0.1) is 5.10 Å². The number of nitrogens with zero attached hydrogens (tertiary/aromatic N) is 4. The number of anilines is 1. The number of alkyl halides is 2. The number of hydrogen-bond acceptors (Lipinski definition) is 5. The number of hydrogen-bond donors (Lipinski definition) is 1. The lowest BCUT2D eigenvalue weighted by atomic mass is 9.74. The summed E-state index contributed by atoms with van der Waals surface area (Å²) in [5.41, 5.74) is -0.458. The van der Waals surface area contributed by atoms with Crippen LogP contribution in [-0.2, 0) is 4.79 Å². The van der Waals surface area contributed by atoms with E-state index in [0.717, 1.165) is 5.69 Å². The van der Waals surface area contributed by atoms with Crippen LogP contribution < -0.4 is 4.90 Å². The van der Waals surface area contributed by atoms with Gasteiger partial charge in [-0.25, -0.2) is 8.78 Å². The number of aromatic nitrogens is 2. The number of amides is 1. The zero-order valence-electron chi connectivity index (χ0n) is 14.9. The monoisotopic (exact) mass is 366 g/mol. The smallest absolute Gasteiger partial charge is 0.258 e. The van der Waals surface area contributed by atoms with Crippen LogP contribution in [0, 0.1) is 18.3 Å². The van der Waals surface area contributed by atoms with E-state index < -0.39 is 17.4 Å². The lowest BCUT2D eigenvalue weighted by Gasteiger charge is -2.47. The highest BCUT2D eigenvalue weighted by molar-refractivity contribution is 5.80. The number of halogens is 2. The summed E-state index contributed by atoms with van der Waals surface area (Å²) in [5.74, 6) is -2.50. The van der Waals surface area contributed by atoms with Gasteiger partial charge in [0, 0.05) is 38.5 Å². The molecule has 1 saturated carbocycles. The highest BCUT2D eigenvalue weighted by Crippen LogP contribution is 2.50. The van der Waals surface area contributed by atoms with Crippen molar-refractivity contribution in [2.45, 2.75) is 44.6 Å². The predicted octanol–water partition coefficient (Wildman–Crippen LogP) is 1.62. The second kappa shape index (κ2) is 6.11. The third kappa shape index (κ3) is 2.84. The molecular weight excluding hydrogens is 342 g/mol. The van der Waals surface area contributed by atoms with Crippen molar-refractivity contribution in [3.05, 3.63) is 17.8 Å². The fraction of sp³-hybridized carbons (Fsp3) is 0.722. The molecule has 0 bridgehead atoms. The van der Waals surface area contributed by atoms with E-state index in [9.17, 15) is 18.7 Å². The van der Waals surface area contributed by atoms with Crippen molar-refractivity contribution in [2.24, 2.45) is 11.3 Å². The van der Waals surface area contributed by atoms with E-state index in [1.807, 2.05) is 17.9 Å². The van der Waals surface area contributed by atoms with Crippen LogP contribution >= 0.6 is 0 Å². The fourth-order valence-corrected chi connectivity index (χ4v) is 4.39. The minimum absolute atomic E-state index is 0.0707. The summed E-state index contributed by atoms with van der Waals surface area (Å²) in [7, 11) is 0. The highest BCUT2D eigenvalue weighted by Gasteiger charge is 2.60. The Morgan fingerprint density at radius 2 is 1.96 bits per heavy atom. The van der Waals surface area contributed by atoms with Crippen LogP contribution in [0.3, 0.4) is 0 Å². The molecule has 0 radical (unpaired) electrons. The molecule has 3 aliphatic rings. The van der Waals surface area contributed by atoms with Crippen molar-refractivity contribution in [1.29, 1.82) is 0 Å². The zero-order valence-corrected chi connectivity index (χ0v) is 14.9. The van der Waals surface area contributed by atoms with Crippen molar-refractivity contribution in [1.82, 2.24) is 15.1 Å². The first-order valence-electron chi connectivity index (χ1n) is 9.20. The summed E-state index contributed by atoms with van der Waals surface area (Å²) in [6.45, 7) is 2.65. The Labute approximate surface area is 151 Å². The first kappa shape index (κ1) is 17.6. The largest absolute Gasteiger partial charge is 0.393 e. The molecule has 6 nitrogen and oxygen atoms in total. The third-order valence-electron chi connectivity index (χ3n) is 6.20. The maximum atomic E-state index is 14.9. The van der Waals surface area contributed by atoms with Gasteiger partial charge in [0.1, 0.15) is 0 Å². The van der Waals surface area contributed by atoms with Crippen molar-refractivity contribution < 1.29 is 18.7 Å². The second-order valence-corrected chi connectivity index (χ2v) is 8.02. The average molecular weight is 366 g/mol. The quantitative estimate of drug-likeness (QED) is 0.861. The van der Waals surface area contributed by atoms with Gasteiger partial charge in [0.15, 0.2) is 5.82 Å². The van der Waals surface area contributed by atoms with Gasteiger partial charge in [0.2, 0.25) is 5.91 Å². The minimum Gasteiger partial charge on any atom is -0.393 e. The molecule has 1 amide bonds. The van der Waals surface area contributed by atoms with Crippen molar-refractivity contribution in [2.75, 3.05) is 31.1 Å². The third-order valence-corrected chi connectivity index (χ3v) is 6.20. The van der Waals surface area contributed by atoms with E-state index in [1.54, 1.807) is 11.0 Å². The lowest BCUT2D eigenvalue weighted by molar-refractivity contribution is -0.174. The molecule has 1 spiro atoms. The number of aliphatic hydroxyl groups excluding tert-OH is 1. The number of rotatable bonds is 2. The summed E-state index contributed by atoms with van der Waals surface area (Å²) in [6.07, 6.45) is 0.494. The Bertz CT molecular complexity index is 693. The van der Waals surface area contributed by atoms with Crippen molar-refractivity contribution in [3.63, 3.8) is 0 Å². The molecule has 1 aliphatic carbocycles. The second-order valence-electron chi connectivity index (χ2n) is 8.02. The normalized spacial score (nSPS) is 33.4. The maximum Gasteiger partial charge on any atom is 0.258 e. The molecule has 142 valence electrons. The summed E-state index contributed by atoms with van der Waals surface area (Å²) < 4.78 is 29.7. The van der Waals surface area contributed by atoms with Crippen LogP contribution in [0.4, 0.5) is 14.6 Å². The molecule has 3 fully saturated rings. The Hall–Kier alpha value is -1.83. The first-order valence-corrected chi connectivity index (χ1v) is 9.20. The van der Waals surface area contributed by atoms with Crippen LogP contribution in [0.2, 0.25) is 0 Å². The number of carbonyl (C=O) groups excluding carboxylic acids is 1. The van der Waals surface area contributed by atoms with Crippen molar-refractivity contribution in [3.8, 4) is 0 Å². The molecule has 4 rings (SSSR count). The van der Waals surface area contributed by atoms with Gasteiger partial charge in [-0.2, -0.15) is 5.10 Å². The number of aliphatic hydroxyl groups is 1. The minimum atomic E-state index is -2.81. The topological polar surface area (TPSA) is 69.6 Å². The Morgan fingerprint density at radius 1 is 1.19 bits per heavy atom. The average Bonchev–Trinajstić information content (AvgIpc) is 3.00. The highest BCUT2D eigenvalue weighted by atomic mass is 19.3. The Kier molecular flexibility index (Phi) is 4.13. The predicted molar refractivity (Wildman–Crippen MR) is 90.9 cm³/mol. The molecular formula is C18H24F2N4O2. The summed E-state index contributed by atoms with van der Waals surface area (Å²) in [4.78, 5) is 16.0. The van der Waals surface area contributed by atoms with E-state index in [0.29, 0.717) is 31.6 Å². The number of likely N-dealkylation sites (tertiary alicyclic amines) is 1. The van der Waals surface area contributed by atoms with Gasteiger partial charge in [-0.05, 0) is 38.3 Å². The molecule has 1 atom stereocenters. The van der Waals surface area contributed by atoms with Gasteiger partial charge >= 0.3 is 0 Å². The van der Waals surface area contributed by atoms with E-state index in [1.165, 1.54) is 0 Å². The van der Waals surface area contributed by atoms with Gasteiger partial charge in [-0.3, -0.25) is 4.79 Å². The Balaban J connectivity index is 1.51. The van der Waals surface area contributed by atoms with E-state index >= 15 is 0 Å². The van der Waals surface area contributed by atoms with Crippen LogP contribution in [0.25, 0.3) is 0 Å². The van der Waals surface area contributed by atoms with Gasteiger partial charge < -0.3 is 14.9 Å². The Morgan fingerprint density at radius 3 is 2.62 bits per heavy atom. The van der Waals surface area contributed by atoms with Gasteiger partial charge in [-0.1, -0.05) is 0 Å². The summed E-state index contributed by atoms with van der Waals surface area (Å²) in [5, 5.41) is 17.6. The molecule has 0 unspecified atom stereocenters. The van der Waals surface area contributed by atoms with E-state index in [4.69, 9.17) is 0 Å². The van der Waals surface area contributed by atoms with Crippen LogP contribution in [0.15, 0.2) is 12.1 Å². The molecule has 0 aromatic carbocycles. The van der Waals surface area contributed by atoms with Gasteiger partial charge in [0.05, 0.1) is 17.2 Å². The molecule has 2 saturated heterocycles. The van der Waals surface area contributed by atoms with E-state index in [-0.39, 0.29) is 37.9 Å². The van der Waals surface area contributed by atoms with E-state index in [2.05, 4.69) is 10.2 Å². The van der Waals surface area contributed by atoms with Crippen LogP contribution in [0.5, 0.6) is 0 Å². The summed E-state index contributed by atoms with van der Waals surface area (Å²) in [6, 6.07) is 3.63. The van der Waals surface area contributed by atoms with Crippen LogP contribution in [0.1, 0.15) is 31.4 Å². The molecule has 1 N–H and O–H groups in total. The summed E-state index contributed by atoms with van der Waals surface area (Å²) >= 11 is 0. The lowest BCUT2D eigenvalue weighted by Crippen LogP contribution is -2.59. The fourth-order valence-electron chi connectivity index (χ4n) is 4.39. The van der Waals surface area contributed by atoms with Crippen LogP contribution in [-0.4, -0.2) is 64.3 Å². The first-order chi connectivity index (χ1) is 12.3. The number of carbonyl (C=O) groups is 1. The SMILES string of the molecule is Cc1ccc(N2CC[C@]3(CN(C(=O)C4CC(O)C4)CCC3(F)F)C2)nn1. The molecule has 26 heavy (non-hydrogen) atoms. The zero-order chi connectivity index (χ0) is 18.5. The molecule has 3 heterocycles. The molecule has 2 aliphatic heterocycles. The molecule has 1 aromatic rings. The number of piperidine rings is 1.